The van der Waals surface area contributed by atoms with Crippen LogP contribution in [0.3, 0.4) is 0 Å². The number of phenols is 1. The van der Waals surface area contributed by atoms with Crippen molar-refractivity contribution >= 4 is 11.8 Å². The summed E-state index contributed by atoms with van der Waals surface area (Å²) < 4.78 is 77.4. The van der Waals surface area contributed by atoms with Gasteiger partial charge < -0.3 is 15.1 Å². The Morgan fingerprint density at radius 2 is 1.74 bits per heavy atom. The highest BCUT2D eigenvalue weighted by atomic mass is 32.2. The molecule has 0 saturated heterocycles. The van der Waals surface area contributed by atoms with Crippen LogP contribution < -0.4 is 0 Å². The molecule has 4 rings (SSSR count). The van der Waals surface area contributed by atoms with Crippen LogP contribution in [0.5, 0.6) is 5.75 Å². The molecule has 2 N–H and O–H groups in total. The first kappa shape index (κ1) is 33.8. The standard InChI is InChI=1S/C32H47F6NO2S/c1-30-13-11-25-24-10-9-23(40)19-22(24)18-21(28(25)26(30)20-27(33)29(30)41)8-4-3-5-14-39(2)15-7-17-42-16-6-12-31(34,35)32(36,37)38/h9-10,19,21,25-29,40-41H,3-8,11-18,20H2,1-2H3/t21-,25-,26+,27-,28-,29+,30+/m1/s1. The summed E-state index contributed by atoms with van der Waals surface area (Å²) in [4.78, 5) is 2.24. The van der Waals surface area contributed by atoms with Gasteiger partial charge in [-0.1, -0.05) is 25.8 Å². The van der Waals surface area contributed by atoms with Gasteiger partial charge in [-0.2, -0.15) is 33.7 Å². The van der Waals surface area contributed by atoms with Gasteiger partial charge in [0, 0.05) is 6.42 Å². The second-order valence-corrected chi connectivity index (χ2v) is 14.5. The summed E-state index contributed by atoms with van der Waals surface area (Å²) in [6.07, 6.45) is -0.650. The molecule has 0 bridgehead atoms. The van der Waals surface area contributed by atoms with Crippen LogP contribution in [0.15, 0.2) is 18.2 Å². The Labute approximate surface area is 250 Å². The van der Waals surface area contributed by atoms with Crippen LogP contribution in [-0.4, -0.2) is 71.1 Å². The highest BCUT2D eigenvalue weighted by Gasteiger charge is 2.60. The van der Waals surface area contributed by atoms with Crippen LogP contribution in [0.2, 0.25) is 0 Å². The van der Waals surface area contributed by atoms with Gasteiger partial charge in [0.25, 0.3) is 0 Å². The van der Waals surface area contributed by atoms with Crippen LogP contribution in [0.1, 0.15) is 88.2 Å². The molecule has 240 valence electrons. The molecule has 1 aromatic rings. The predicted molar refractivity (Wildman–Crippen MR) is 156 cm³/mol. The number of aromatic hydroxyl groups is 1. The summed E-state index contributed by atoms with van der Waals surface area (Å²) in [5.41, 5.74) is 2.14. The number of halogens is 6. The molecule has 3 aliphatic carbocycles. The highest BCUT2D eigenvalue weighted by Crippen LogP contribution is 2.63. The molecule has 3 nitrogen and oxygen atoms in total. The Morgan fingerprint density at radius 3 is 2.48 bits per heavy atom. The Hall–Kier alpha value is -1.13. The van der Waals surface area contributed by atoms with E-state index in [-0.39, 0.29) is 23.5 Å². The SMILES string of the molecule is CN(CCCCC[C@@H]1Cc2cc(O)ccc2[C@H]2CC[C@]3(C)[C@@H](O)[C@H](F)C[C@H]3[C@H]12)CCCSCCCC(F)(F)C(F)(F)F. The van der Waals surface area contributed by atoms with Crippen molar-refractivity contribution < 1.29 is 36.6 Å². The van der Waals surface area contributed by atoms with E-state index >= 15 is 0 Å². The first-order valence-corrected chi connectivity index (χ1v) is 16.7. The topological polar surface area (TPSA) is 43.7 Å². The minimum Gasteiger partial charge on any atom is -0.508 e. The van der Waals surface area contributed by atoms with E-state index < -0.39 is 30.8 Å². The Bertz CT molecular complexity index is 1030. The first-order valence-electron chi connectivity index (χ1n) is 15.6. The molecule has 7 atom stereocenters. The molecule has 42 heavy (non-hydrogen) atoms. The fourth-order valence-electron chi connectivity index (χ4n) is 8.16. The van der Waals surface area contributed by atoms with E-state index in [1.54, 1.807) is 6.07 Å². The first-order chi connectivity index (χ1) is 19.7. The molecule has 2 fully saturated rings. The van der Waals surface area contributed by atoms with Gasteiger partial charge in [0.15, 0.2) is 0 Å². The molecule has 10 heteroatoms. The molecule has 0 aliphatic heterocycles. The average molecular weight is 624 g/mol. The molecule has 0 unspecified atom stereocenters. The van der Waals surface area contributed by atoms with Crippen molar-refractivity contribution in [2.24, 2.45) is 23.2 Å². The fraction of sp³-hybridized carbons (Fsp3) is 0.812. The largest absolute Gasteiger partial charge is 0.508 e. The van der Waals surface area contributed by atoms with Gasteiger partial charge in [0.2, 0.25) is 0 Å². The van der Waals surface area contributed by atoms with Gasteiger partial charge >= 0.3 is 12.1 Å². The van der Waals surface area contributed by atoms with E-state index in [1.165, 1.54) is 22.9 Å². The van der Waals surface area contributed by atoms with Crippen LogP contribution in [0.4, 0.5) is 26.3 Å². The number of unbranched alkanes of at least 4 members (excludes halogenated alkanes) is 2. The molecule has 0 aromatic heterocycles. The maximum atomic E-state index is 14.8. The summed E-state index contributed by atoms with van der Waals surface area (Å²) in [6, 6.07) is 5.72. The lowest BCUT2D eigenvalue weighted by molar-refractivity contribution is -0.284. The number of nitrogens with zero attached hydrogens (tertiary/aromatic N) is 1. The molecular formula is C32H47F6NO2S. The quantitative estimate of drug-likeness (QED) is 0.161. The molecule has 0 radical (unpaired) electrons. The molecular weight excluding hydrogens is 576 g/mol. The summed E-state index contributed by atoms with van der Waals surface area (Å²) in [5, 5.41) is 20.9. The normalized spacial score (nSPS) is 31.2. The van der Waals surface area contributed by atoms with Crippen LogP contribution in [-0.2, 0) is 6.42 Å². The van der Waals surface area contributed by atoms with Gasteiger partial charge in [-0.05, 0) is 135 Å². The lowest BCUT2D eigenvalue weighted by Gasteiger charge is -2.53. The fourth-order valence-corrected chi connectivity index (χ4v) is 9.05. The van der Waals surface area contributed by atoms with Crippen molar-refractivity contribution in [3.8, 4) is 5.75 Å². The molecule has 2 saturated carbocycles. The number of rotatable bonds is 14. The summed E-state index contributed by atoms with van der Waals surface area (Å²) >= 11 is 1.42. The second-order valence-electron chi connectivity index (χ2n) is 13.3. The van der Waals surface area contributed by atoms with Gasteiger partial charge in [-0.3, -0.25) is 0 Å². The van der Waals surface area contributed by atoms with Crippen molar-refractivity contribution in [1.82, 2.24) is 4.90 Å². The highest BCUT2D eigenvalue weighted by molar-refractivity contribution is 7.99. The van der Waals surface area contributed by atoms with Gasteiger partial charge in [0.05, 0.1) is 6.10 Å². The van der Waals surface area contributed by atoms with Gasteiger partial charge in [-0.25, -0.2) is 4.39 Å². The maximum Gasteiger partial charge on any atom is 0.453 e. The van der Waals surface area contributed by atoms with Crippen molar-refractivity contribution in [1.29, 1.82) is 0 Å². The lowest BCUT2D eigenvalue weighted by atomic mass is 9.52. The summed E-state index contributed by atoms with van der Waals surface area (Å²) in [6.45, 7) is 3.87. The third-order valence-electron chi connectivity index (χ3n) is 10.5. The third kappa shape index (κ3) is 7.56. The number of hydrogen-bond acceptors (Lipinski definition) is 4. The number of hydrogen-bond donors (Lipinski definition) is 2. The smallest absolute Gasteiger partial charge is 0.453 e. The average Bonchev–Trinajstić information content (AvgIpc) is 3.15. The van der Waals surface area contributed by atoms with Crippen LogP contribution in [0.25, 0.3) is 0 Å². The van der Waals surface area contributed by atoms with Crippen molar-refractivity contribution in [2.75, 3.05) is 31.6 Å². The minimum atomic E-state index is -5.47. The van der Waals surface area contributed by atoms with E-state index in [0.29, 0.717) is 29.9 Å². The number of thioether (sulfide) groups is 1. The minimum absolute atomic E-state index is 0.155. The number of aliphatic hydroxyl groups excluding tert-OH is 1. The molecule has 0 heterocycles. The predicted octanol–water partition coefficient (Wildman–Crippen LogP) is 8.38. The Balaban J connectivity index is 1.18. The van der Waals surface area contributed by atoms with E-state index in [0.717, 1.165) is 70.2 Å². The van der Waals surface area contributed by atoms with Crippen molar-refractivity contribution in [2.45, 2.75) is 108 Å². The Kier molecular flexibility index (Phi) is 11.2. The van der Waals surface area contributed by atoms with Crippen LogP contribution >= 0.6 is 11.8 Å². The zero-order valence-corrected chi connectivity index (χ0v) is 25.6. The van der Waals surface area contributed by atoms with E-state index in [9.17, 15) is 36.6 Å². The maximum absolute atomic E-state index is 14.8. The molecule has 1 aromatic carbocycles. The molecule has 0 amide bonds. The number of alkyl halides is 6. The van der Waals surface area contributed by atoms with E-state index in [1.807, 2.05) is 13.1 Å². The van der Waals surface area contributed by atoms with E-state index in [4.69, 9.17) is 0 Å². The number of phenolic OH excluding ortho intramolecular Hbond substituents is 1. The zero-order valence-electron chi connectivity index (χ0n) is 24.8. The molecule has 3 aliphatic rings. The number of fused-ring (bicyclic) bond motifs is 5. The lowest BCUT2D eigenvalue weighted by Crippen LogP contribution is -2.47. The summed E-state index contributed by atoms with van der Waals surface area (Å²) in [7, 11) is 2.05. The monoisotopic (exact) mass is 623 g/mol. The van der Waals surface area contributed by atoms with Crippen molar-refractivity contribution in [3.05, 3.63) is 29.3 Å². The summed E-state index contributed by atoms with van der Waals surface area (Å²) in [5.74, 6) is -2.03. The van der Waals surface area contributed by atoms with Gasteiger partial charge in [-0.15, -0.1) is 0 Å². The zero-order chi connectivity index (χ0) is 30.7. The third-order valence-corrected chi connectivity index (χ3v) is 11.6. The number of benzene rings is 1. The van der Waals surface area contributed by atoms with Gasteiger partial charge in [0.1, 0.15) is 11.9 Å². The molecule has 0 spiro atoms. The second kappa shape index (κ2) is 13.9. The Morgan fingerprint density at radius 1 is 1.02 bits per heavy atom. The number of aliphatic hydroxyl groups is 1. The van der Waals surface area contributed by atoms with Crippen LogP contribution in [0, 0.1) is 23.2 Å². The van der Waals surface area contributed by atoms with Crippen molar-refractivity contribution in [3.63, 3.8) is 0 Å². The van der Waals surface area contributed by atoms with E-state index in [2.05, 4.69) is 17.9 Å².